The van der Waals surface area contributed by atoms with Crippen LogP contribution in [0, 0.1) is 0 Å². The zero-order valence-electron chi connectivity index (χ0n) is 11.6. The average molecular weight is 271 g/mol. The monoisotopic (exact) mass is 271 g/mol. The van der Waals surface area contributed by atoms with Gasteiger partial charge in [-0.1, -0.05) is 18.2 Å². The number of methoxy groups -OCH3 is 2. The number of rotatable bonds is 3. The van der Waals surface area contributed by atoms with Crippen molar-refractivity contribution < 1.29 is 14.2 Å². The molecule has 2 aromatic rings. The van der Waals surface area contributed by atoms with E-state index in [0.29, 0.717) is 5.75 Å². The van der Waals surface area contributed by atoms with E-state index in [9.17, 15) is 0 Å². The van der Waals surface area contributed by atoms with Gasteiger partial charge in [0.05, 0.1) is 26.5 Å². The number of hydrogen-bond donors (Lipinski definition) is 1. The van der Waals surface area contributed by atoms with Gasteiger partial charge in [0.1, 0.15) is 11.9 Å². The smallest absolute Gasteiger partial charge is 0.161 e. The van der Waals surface area contributed by atoms with Crippen LogP contribution in [0.2, 0.25) is 0 Å². The molecule has 0 spiro atoms. The molecular formula is C16H17NO3. The Balaban J connectivity index is 1.88. The predicted molar refractivity (Wildman–Crippen MR) is 77.8 cm³/mol. The van der Waals surface area contributed by atoms with Crippen LogP contribution < -0.4 is 19.5 Å². The van der Waals surface area contributed by atoms with Crippen LogP contribution in [0.5, 0.6) is 17.2 Å². The molecule has 4 heteroatoms. The molecule has 20 heavy (non-hydrogen) atoms. The van der Waals surface area contributed by atoms with Crippen LogP contribution in [-0.2, 0) is 0 Å². The molecule has 0 radical (unpaired) electrons. The first-order valence-electron chi connectivity index (χ1n) is 6.53. The fraction of sp³-hybridized carbons (Fsp3) is 0.250. The first-order valence-corrected chi connectivity index (χ1v) is 6.53. The predicted octanol–water partition coefficient (Wildman–Crippen LogP) is 3.25. The highest BCUT2D eigenvalue weighted by molar-refractivity contribution is 5.58. The van der Waals surface area contributed by atoms with E-state index in [4.69, 9.17) is 14.2 Å². The summed E-state index contributed by atoms with van der Waals surface area (Å²) in [6.45, 7) is 0.729. The quantitative estimate of drug-likeness (QED) is 0.930. The molecule has 104 valence electrons. The van der Waals surface area contributed by atoms with Gasteiger partial charge in [0.25, 0.3) is 0 Å². The highest BCUT2D eigenvalue weighted by atomic mass is 16.5. The molecule has 1 aliphatic rings. The lowest BCUT2D eigenvalue weighted by Gasteiger charge is -2.28. The molecule has 1 aliphatic heterocycles. The number of hydrogen-bond acceptors (Lipinski definition) is 4. The van der Waals surface area contributed by atoms with Crippen LogP contribution in [0.4, 0.5) is 5.69 Å². The second kappa shape index (κ2) is 5.33. The lowest BCUT2D eigenvalue weighted by Crippen LogP contribution is -2.23. The number of anilines is 1. The first kappa shape index (κ1) is 12.7. The molecule has 0 aromatic heterocycles. The highest BCUT2D eigenvalue weighted by Gasteiger charge is 2.21. The van der Waals surface area contributed by atoms with Crippen molar-refractivity contribution in [1.82, 2.24) is 0 Å². The summed E-state index contributed by atoms with van der Waals surface area (Å²) in [4.78, 5) is 0. The van der Waals surface area contributed by atoms with Crippen molar-refractivity contribution in [1.29, 1.82) is 0 Å². The molecule has 2 aromatic carbocycles. The standard InChI is InChI=1S/C16H17NO3/c1-18-14-8-7-11(9-15(14)19-2)16-10-17-12-5-3-4-6-13(12)20-16/h3-9,16-17H,10H2,1-2H3. The topological polar surface area (TPSA) is 39.7 Å². The first-order chi connectivity index (χ1) is 9.81. The third-order valence-corrected chi connectivity index (χ3v) is 3.41. The summed E-state index contributed by atoms with van der Waals surface area (Å²) in [6, 6.07) is 13.8. The minimum absolute atomic E-state index is 0.0373. The van der Waals surface area contributed by atoms with Gasteiger partial charge < -0.3 is 19.5 Å². The van der Waals surface area contributed by atoms with E-state index in [1.165, 1.54) is 0 Å². The minimum atomic E-state index is -0.0373. The molecule has 1 N–H and O–H groups in total. The Bertz CT molecular complexity index is 612. The lowest BCUT2D eigenvalue weighted by molar-refractivity contribution is 0.209. The zero-order valence-corrected chi connectivity index (χ0v) is 11.6. The molecule has 3 rings (SSSR count). The zero-order chi connectivity index (χ0) is 13.9. The summed E-state index contributed by atoms with van der Waals surface area (Å²) >= 11 is 0. The number of benzene rings is 2. The molecule has 0 amide bonds. The van der Waals surface area contributed by atoms with E-state index in [2.05, 4.69) is 5.32 Å². The van der Waals surface area contributed by atoms with E-state index in [1.807, 2.05) is 42.5 Å². The van der Waals surface area contributed by atoms with Crippen LogP contribution in [0.25, 0.3) is 0 Å². The van der Waals surface area contributed by atoms with Crippen molar-refractivity contribution in [3.8, 4) is 17.2 Å². The van der Waals surface area contributed by atoms with Gasteiger partial charge in [0, 0.05) is 0 Å². The van der Waals surface area contributed by atoms with Gasteiger partial charge in [-0.3, -0.25) is 0 Å². The summed E-state index contributed by atoms with van der Waals surface area (Å²) in [5, 5.41) is 3.38. The molecule has 0 saturated carbocycles. The third kappa shape index (κ3) is 2.25. The van der Waals surface area contributed by atoms with Crippen molar-refractivity contribution >= 4 is 5.69 Å². The second-order valence-electron chi connectivity index (χ2n) is 4.60. The molecule has 1 heterocycles. The van der Waals surface area contributed by atoms with Crippen molar-refractivity contribution in [2.45, 2.75) is 6.10 Å². The Labute approximate surface area is 118 Å². The largest absolute Gasteiger partial charge is 0.493 e. The maximum Gasteiger partial charge on any atom is 0.161 e. The molecular weight excluding hydrogens is 254 g/mol. The molecule has 1 atom stereocenters. The molecule has 0 saturated heterocycles. The summed E-state index contributed by atoms with van der Waals surface area (Å²) in [6.07, 6.45) is -0.0373. The van der Waals surface area contributed by atoms with E-state index >= 15 is 0 Å². The van der Waals surface area contributed by atoms with Crippen LogP contribution in [-0.4, -0.2) is 20.8 Å². The number of nitrogens with one attached hydrogen (secondary N) is 1. The van der Waals surface area contributed by atoms with E-state index in [-0.39, 0.29) is 6.10 Å². The van der Waals surface area contributed by atoms with Gasteiger partial charge in [-0.2, -0.15) is 0 Å². The Hall–Kier alpha value is -2.36. The van der Waals surface area contributed by atoms with Crippen molar-refractivity contribution in [3.63, 3.8) is 0 Å². The molecule has 0 aliphatic carbocycles. The maximum atomic E-state index is 6.03. The van der Waals surface area contributed by atoms with Gasteiger partial charge in [-0.15, -0.1) is 0 Å². The lowest BCUT2D eigenvalue weighted by atomic mass is 10.1. The summed E-state index contributed by atoms with van der Waals surface area (Å²) < 4.78 is 16.6. The molecule has 4 nitrogen and oxygen atoms in total. The second-order valence-corrected chi connectivity index (χ2v) is 4.60. The number of fused-ring (bicyclic) bond motifs is 1. The van der Waals surface area contributed by atoms with Crippen LogP contribution in [0.1, 0.15) is 11.7 Å². The Kier molecular flexibility index (Phi) is 3.37. The fourth-order valence-corrected chi connectivity index (χ4v) is 2.35. The molecule has 1 unspecified atom stereocenters. The Morgan fingerprint density at radius 1 is 1.05 bits per heavy atom. The van der Waals surface area contributed by atoms with Crippen molar-refractivity contribution in [2.24, 2.45) is 0 Å². The number of para-hydroxylation sites is 2. The SMILES string of the molecule is COc1ccc(C2CNc3ccccc3O2)cc1OC. The number of ether oxygens (including phenoxy) is 3. The summed E-state index contributed by atoms with van der Waals surface area (Å²) in [5.74, 6) is 2.31. The summed E-state index contributed by atoms with van der Waals surface area (Å²) in [5.41, 5.74) is 2.09. The highest BCUT2D eigenvalue weighted by Crippen LogP contribution is 2.36. The van der Waals surface area contributed by atoms with Crippen LogP contribution in [0.15, 0.2) is 42.5 Å². The maximum absolute atomic E-state index is 6.03. The Morgan fingerprint density at radius 2 is 1.85 bits per heavy atom. The van der Waals surface area contributed by atoms with E-state index < -0.39 is 0 Å². The van der Waals surface area contributed by atoms with Gasteiger partial charge in [0.2, 0.25) is 0 Å². The Morgan fingerprint density at radius 3 is 2.65 bits per heavy atom. The third-order valence-electron chi connectivity index (χ3n) is 3.41. The average Bonchev–Trinajstić information content (AvgIpc) is 2.53. The van der Waals surface area contributed by atoms with Crippen LogP contribution in [0.3, 0.4) is 0 Å². The normalized spacial score (nSPS) is 16.6. The van der Waals surface area contributed by atoms with E-state index in [1.54, 1.807) is 14.2 Å². The van der Waals surface area contributed by atoms with Crippen molar-refractivity contribution in [2.75, 3.05) is 26.1 Å². The van der Waals surface area contributed by atoms with E-state index in [0.717, 1.165) is 29.3 Å². The van der Waals surface area contributed by atoms with Gasteiger partial charge in [-0.05, 0) is 29.8 Å². The summed E-state index contributed by atoms with van der Waals surface area (Å²) in [7, 11) is 3.27. The van der Waals surface area contributed by atoms with Crippen LogP contribution >= 0.6 is 0 Å². The van der Waals surface area contributed by atoms with Gasteiger partial charge >= 0.3 is 0 Å². The molecule has 0 bridgehead atoms. The fourth-order valence-electron chi connectivity index (χ4n) is 2.35. The van der Waals surface area contributed by atoms with Gasteiger partial charge in [0.15, 0.2) is 11.5 Å². The van der Waals surface area contributed by atoms with Gasteiger partial charge in [-0.25, -0.2) is 0 Å². The minimum Gasteiger partial charge on any atom is -0.493 e. The van der Waals surface area contributed by atoms with Crippen molar-refractivity contribution in [3.05, 3.63) is 48.0 Å². The molecule has 0 fully saturated rings.